The maximum atomic E-state index is 13.0. The second-order valence-electron chi connectivity index (χ2n) is 5.22. The highest BCUT2D eigenvalue weighted by atomic mass is 19.1. The monoisotopic (exact) mass is 291 g/mol. The molecule has 0 aliphatic carbocycles. The van der Waals surface area contributed by atoms with Crippen molar-refractivity contribution in [1.29, 1.82) is 0 Å². The third-order valence-corrected chi connectivity index (χ3v) is 3.84. The first kappa shape index (κ1) is 15.6. The van der Waals surface area contributed by atoms with E-state index in [1.54, 1.807) is 6.07 Å². The van der Waals surface area contributed by atoms with Crippen LogP contribution in [0.4, 0.5) is 4.39 Å². The molecule has 4 nitrogen and oxygen atoms in total. The highest BCUT2D eigenvalue weighted by Crippen LogP contribution is 2.28. The zero-order chi connectivity index (χ0) is 15.5. The number of hydrogen-bond acceptors (Lipinski definition) is 3. The van der Waals surface area contributed by atoms with E-state index in [1.807, 2.05) is 24.6 Å². The summed E-state index contributed by atoms with van der Waals surface area (Å²) < 4.78 is 14.9. The first-order valence-electron chi connectivity index (χ1n) is 7.42. The number of halogens is 1. The van der Waals surface area contributed by atoms with Crippen molar-refractivity contribution < 1.29 is 9.50 Å². The molecule has 114 valence electrons. The zero-order valence-corrected chi connectivity index (χ0v) is 12.8. The molecule has 2 aromatic rings. The van der Waals surface area contributed by atoms with E-state index in [2.05, 4.69) is 17.0 Å². The van der Waals surface area contributed by atoms with Crippen LogP contribution in [0.5, 0.6) is 0 Å². The molecule has 5 heteroatoms. The zero-order valence-electron chi connectivity index (χ0n) is 12.8. The Balaban J connectivity index is 2.33. The van der Waals surface area contributed by atoms with E-state index in [0.29, 0.717) is 18.5 Å². The van der Waals surface area contributed by atoms with Gasteiger partial charge < -0.3 is 5.11 Å². The smallest absolute Gasteiger partial charge is 0.141 e. The predicted molar refractivity (Wildman–Crippen MR) is 79.4 cm³/mol. The van der Waals surface area contributed by atoms with E-state index in [4.69, 9.17) is 0 Å². The van der Waals surface area contributed by atoms with Gasteiger partial charge in [-0.25, -0.2) is 4.39 Å². The molecular weight excluding hydrogens is 269 g/mol. The number of hydrogen-bond donors (Lipinski definition) is 1. The van der Waals surface area contributed by atoms with Gasteiger partial charge in [0.05, 0.1) is 17.6 Å². The Kier molecular flexibility index (Phi) is 4.73. The van der Waals surface area contributed by atoms with E-state index >= 15 is 0 Å². The van der Waals surface area contributed by atoms with Gasteiger partial charge in [0.15, 0.2) is 0 Å². The van der Waals surface area contributed by atoms with Crippen molar-refractivity contribution in [2.45, 2.75) is 52.2 Å². The maximum absolute atomic E-state index is 13.0. The third-order valence-electron chi connectivity index (χ3n) is 3.84. The number of aliphatic hydroxyl groups is 1. The summed E-state index contributed by atoms with van der Waals surface area (Å²) in [6.45, 7) is 6.74. The molecule has 0 saturated heterocycles. The molecule has 21 heavy (non-hydrogen) atoms. The lowest BCUT2D eigenvalue weighted by Gasteiger charge is -2.26. The quantitative estimate of drug-likeness (QED) is 0.890. The van der Waals surface area contributed by atoms with E-state index in [-0.39, 0.29) is 0 Å². The Morgan fingerprint density at radius 3 is 2.57 bits per heavy atom. The maximum Gasteiger partial charge on any atom is 0.141 e. The fourth-order valence-corrected chi connectivity index (χ4v) is 2.45. The van der Waals surface area contributed by atoms with Crippen LogP contribution in [-0.4, -0.2) is 19.9 Å². The van der Waals surface area contributed by atoms with Gasteiger partial charge in [0.2, 0.25) is 0 Å². The number of pyridine rings is 1. The van der Waals surface area contributed by atoms with Gasteiger partial charge in [0.1, 0.15) is 11.4 Å². The van der Waals surface area contributed by atoms with Crippen molar-refractivity contribution in [2.24, 2.45) is 0 Å². The Hall–Kier alpha value is -1.75. The van der Waals surface area contributed by atoms with Crippen LogP contribution in [-0.2, 0) is 25.0 Å². The van der Waals surface area contributed by atoms with Crippen LogP contribution < -0.4 is 0 Å². The lowest BCUT2D eigenvalue weighted by atomic mass is 9.90. The van der Waals surface area contributed by atoms with Gasteiger partial charge >= 0.3 is 0 Å². The Labute approximate surface area is 124 Å². The van der Waals surface area contributed by atoms with Crippen LogP contribution in [0.1, 0.15) is 44.3 Å². The van der Waals surface area contributed by atoms with Gasteiger partial charge in [-0.2, -0.15) is 5.10 Å². The molecule has 2 rings (SSSR count). The van der Waals surface area contributed by atoms with Crippen LogP contribution in [0.25, 0.3) is 0 Å². The lowest BCUT2D eigenvalue weighted by molar-refractivity contribution is 0.0262. The van der Waals surface area contributed by atoms with Crippen molar-refractivity contribution in [1.82, 2.24) is 14.8 Å². The summed E-state index contributed by atoms with van der Waals surface area (Å²) in [5.74, 6) is -0.399. The molecule has 0 aromatic carbocycles. The predicted octanol–water partition coefficient (Wildman–Crippen LogP) is 2.84. The van der Waals surface area contributed by atoms with Gasteiger partial charge in [-0.05, 0) is 38.0 Å². The fourth-order valence-electron chi connectivity index (χ4n) is 2.45. The molecule has 2 heterocycles. The van der Waals surface area contributed by atoms with E-state index in [0.717, 1.165) is 30.6 Å². The highest BCUT2D eigenvalue weighted by molar-refractivity contribution is 5.20. The minimum atomic E-state index is -1.11. The summed E-state index contributed by atoms with van der Waals surface area (Å²) in [6.07, 6.45) is 2.93. The third kappa shape index (κ3) is 3.29. The Morgan fingerprint density at radius 1 is 1.29 bits per heavy atom. The van der Waals surface area contributed by atoms with Crippen molar-refractivity contribution in [3.8, 4) is 0 Å². The largest absolute Gasteiger partial charge is 0.383 e. The van der Waals surface area contributed by atoms with Crippen LogP contribution in [0, 0.1) is 5.82 Å². The van der Waals surface area contributed by atoms with Gasteiger partial charge in [0.25, 0.3) is 0 Å². The first-order valence-corrected chi connectivity index (χ1v) is 7.42. The lowest BCUT2D eigenvalue weighted by Crippen LogP contribution is -2.30. The molecule has 0 amide bonds. The van der Waals surface area contributed by atoms with Crippen LogP contribution in [0.3, 0.4) is 0 Å². The molecule has 2 aromatic heterocycles. The van der Waals surface area contributed by atoms with Crippen LogP contribution in [0.15, 0.2) is 24.4 Å². The van der Waals surface area contributed by atoms with Gasteiger partial charge in [-0.15, -0.1) is 0 Å². The van der Waals surface area contributed by atoms with Gasteiger partial charge in [0, 0.05) is 18.7 Å². The summed E-state index contributed by atoms with van der Waals surface area (Å²) in [6, 6.07) is 4.90. The molecule has 0 bridgehead atoms. The standard InChI is InChI=1S/C16H22FN3O/c1-4-13-9-14(20(6-3)19-13)10-16(21,5-2)15-8-7-12(17)11-18-15/h7-9,11,21H,4-6,10H2,1-3H3. The average molecular weight is 291 g/mol. The highest BCUT2D eigenvalue weighted by Gasteiger charge is 2.30. The van der Waals surface area contributed by atoms with Crippen molar-refractivity contribution in [3.63, 3.8) is 0 Å². The van der Waals surface area contributed by atoms with Crippen molar-refractivity contribution in [2.75, 3.05) is 0 Å². The Bertz CT molecular complexity index is 594. The molecule has 0 aliphatic heterocycles. The number of aromatic nitrogens is 3. The number of aryl methyl sites for hydroxylation is 2. The van der Waals surface area contributed by atoms with Gasteiger partial charge in [-0.3, -0.25) is 9.67 Å². The molecule has 0 radical (unpaired) electrons. The minimum absolute atomic E-state index is 0.399. The molecule has 0 aliphatic rings. The van der Waals surface area contributed by atoms with Gasteiger partial charge in [-0.1, -0.05) is 13.8 Å². The molecule has 1 unspecified atom stereocenters. The Morgan fingerprint density at radius 2 is 2.05 bits per heavy atom. The fraction of sp³-hybridized carbons (Fsp3) is 0.500. The minimum Gasteiger partial charge on any atom is -0.383 e. The first-order chi connectivity index (χ1) is 10.0. The number of rotatable bonds is 6. The SMILES string of the molecule is CCc1cc(CC(O)(CC)c2ccc(F)cn2)n(CC)n1. The van der Waals surface area contributed by atoms with Crippen molar-refractivity contribution in [3.05, 3.63) is 47.3 Å². The second kappa shape index (κ2) is 6.35. The van der Waals surface area contributed by atoms with Crippen LogP contribution in [0.2, 0.25) is 0 Å². The summed E-state index contributed by atoms with van der Waals surface area (Å²) in [5, 5.41) is 15.4. The topological polar surface area (TPSA) is 50.9 Å². The summed E-state index contributed by atoms with van der Waals surface area (Å²) in [7, 11) is 0. The number of nitrogens with zero attached hydrogens (tertiary/aromatic N) is 3. The second-order valence-corrected chi connectivity index (χ2v) is 5.22. The average Bonchev–Trinajstić information content (AvgIpc) is 2.89. The summed E-state index contributed by atoms with van der Waals surface area (Å²) in [4.78, 5) is 4.05. The molecular formula is C16H22FN3O. The van der Waals surface area contributed by atoms with E-state index < -0.39 is 11.4 Å². The van der Waals surface area contributed by atoms with E-state index in [1.165, 1.54) is 6.07 Å². The molecule has 0 saturated carbocycles. The van der Waals surface area contributed by atoms with Crippen molar-refractivity contribution >= 4 is 0 Å². The summed E-state index contributed by atoms with van der Waals surface area (Å²) in [5.41, 5.74) is 1.38. The van der Waals surface area contributed by atoms with E-state index in [9.17, 15) is 9.50 Å². The normalized spacial score (nSPS) is 14.1. The molecule has 0 spiro atoms. The van der Waals surface area contributed by atoms with Crippen LogP contribution >= 0.6 is 0 Å². The molecule has 1 N–H and O–H groups in total. The molecule has 1 atom stereocenters. The molecule has 0 fully saturated rings. The summed E-state index contributed by atoms with van der Waals surface area (Å²) >= 11 is 0.